The summed E-state index contributed by atoms with van der Waals surface area (Å²) in [6, 6.07) is 10.3. The van der Waals surface area contributed by atoms with E-state index < -0.39 is 5.82 Å². The third-order valence-corrected chi connectivity index (χ3v) is 4.15. The Hall–Kier alpha value is -1.52. The number of hydrogen-bond acceptors (Lipinski definition) is 3. The van der Waals surface area contributed by atoms with Crippen LogP contribution in [0.15, 0.2) is 41.8 Å². The van der Waals surface area contributed by atoms with Crippen LogP contribution in [0.1, 0.15) is 21.7 Å². The zero-order valence-corrected chi connectivity index (χ0v) is 12.3. The third kappa shape index (κ3) is 4.25. The lowest BCUT2D eigenvalue weighted by atomic mass is 10.1. The van der Waals surface area contributed by atoms with Crippen molar-refractivity contribution < 1.29 is 9.18 Å². The van der Waals surface area contributed by atoms with Crippen LogP contribution in [0.25, 0.3) is 0 Å². The average molecular weight is 291 g/mol. The minimum atomic E-state index is -0.432. The summed E-state index contributed by atoms with van der Waals surface area (Å²) < 4.78 is 13.5. The lowest BCUT2D eigenvalue weighted by Gasteiger charge is -2.15. The van der Waals surface area contributed by atoms with Crippen LogP contribution in [0.5, 0.6) is 0 Å². The molecule has 2 rings (SSSR count). The fourth-order valence-electron chi connectivity index (χ4n) is 1.98. The molecule has 20 heavy (non-hydrogen) atoms. The molecule has 1 aromatic heterocycles. The summed E-state index contributed by atoms with van der Waals surface area (Å²) in [6.45, 7) is 1.56. The van der Waals surface area contributed by atoms with Crippen molar-refractivity contribution in [2.24, 2.45) is 0 Å². The topological polar surface area (TPSA) is 20.3 Å². The molecule has 0 bridgehead atoms. The highest BCUT2D eigenvalue weighted by atomic mass is 32.1. The Morgan fingerprint density at radius 1 is 1.20 bits per heavy atom. The largest absolute Gasteiger partial charge is 0.306 e. The van der Waals surface area contributed by atoms with Crippen LogP contribution in [-0.2, 0) is 6.42 Å². The number of thiophene rings is 1. The van der Waals surface area contributed by atoms with Gasteiger partial charge in [0.2, 0.25) is 0 Å². The van der Waals surface area contributed by atoms with Crippen molar-refractivity contribution in [1.29, 1.82) is 0 Å². The summed E-state index contributed by atoms with van der Waals surface area (Å²) in [6.07, 6.45) is 1.34. The quantitative estimate of drug-likeness (QED) is 0.726. The highest BCUT2D eigenvalue weighted by Crippen LogP contribution is 2.11. The molecule has 106 valence electrons. The van der Waals surface area contributed by atoms with Gasteiger partial charge in [-0.25, -0.2) is 4.39 Å². The van der Waals surface area contributed by atoms with Gasteiger partial charge < -0.3 is 4.90 Å². The first-order chi connectivity index (χ1) is 9.66. The van der Waals surface area contributed by atoms with Gasteiger partial charge >= 0.3 is 0 Å². The maximum Gasteiger partial charge on any atom is 0.167 e. The van der Waals surface area contributed by atoms with E-state index >= 15 is 0 Å². The van der Waals surface area contributed by atoms with Gasteiger partial charge in [-0.2, -0.15) is 0 Å². The number of ketones is 1. The van der Waals surface area contributed by atoms with Crippen LogP contribution >= 0.6 is 11.3 Å². The van der Waals surface area contributed by atoms with E-state index in [-0.39, 0.29) is 11.3 Å². The van der Waals surface area contributed by atoms with Gasteiger partial charge in [-0.15, -0.1) is 11.3 Å². The Balaban J connectivity index is 1.77. The SMILES string of the molecule is CN(CCC(=O)c1ccccc1F)CCc1cccs1. The van der Waals surface area contributed by atoms with E-state index in [0.29, 0.717) is 13.0 Å². The molecule has 1 aromatic carbocycles. The summed E-state index contributed by atoms with van der Waals surface area (Å²) in [5.74, 6) is -0.565. The molecule has 0 aliphatic carbocycles. The number of halogens is 1. The summed E-state index contributed by atoms with van der Waals surface area (Å²) >= 11 is 1.74. The van der Waals surface area contributed by atoms with Crippen molar-refractivity contribution in [2.45, 2.75) is 12.8 Å². The number of rotatable bonds is 7. The predicted octanol–water partition coefficient (Wildman–Crippen LogP) is 3.63. The van der Waals surface area contributed by atoms with Gasteiger partial charge in [-0.1, -0.05) is 18.2 Å². The maximum absolute atomic E-state index is 13.5. The highest BCUT2D eigenvalue weighted by molar-refractivity contribution is 7.09. The van der Waals surface area contributed by atoms with Gasteiger partial charge in [-0.3, -0.25) is 4.79 Å². The second kappa shape index (κ2) is 7.31. The molecule has 0 unspecified atom stereocenters. The molecule has 0 amide bonds. The summed E-state index contributed by atoms with van der Waals surface area (Å²) in [5, 5.41) is 2.07. The normalized spacial score (nSPS) is 10.9. The van der Waals surface area contributed by atoms with Crippen LogP contribution in [0, 0.1) is 5.82 Å². The minimum absolute atomic E-state index is 0.133. The monoisotopic (exact) mass is 291 g/mol. The Morgan fingerprint density at radius 2 is 2.00 bits per heavy atom. The van der Waals surface area contributed by atoms with Crippen LogP contribution in [0.4, 0.5) is 4.39 Å². The van der Waals surface area contributed by atoms with Crippen LogP contribution in [0.3, 0.4) is 0 Å². The van der Waals surface area contributed by atoms with E-state index in [1.54, 1.807) is 29.5 Å². The number of nitrogens with zero attached hydrogens (tertiary/aromatic N) is 1. The highest BCUT2D eigenvalue weighted by Gasteiger charge is 2.11. The van der Waals surface area contributed by atoms with Crippen LogP contribution in [0.2, 0.25) is 0 Å². The van der Waals surface area contributed by atoms with E-state index in [2.05, 4.69) is 16.3 Å². The second-order valence-corrected chi connectivity index (χ2v) is 5.82. The molecule has 2 aromatic rings. The first kappa shape index (κ1) is 14.9. The molecule has 0 spiro atoms. The molecule has 0 aliphatic heterocycles. The Bertz CT molecular complexity index is 553. The first-order valence-electron chi connectivity index (χ1n) is 6.65. The van der Waals surface area contributed by atoms with Crippen LogP contribution < -0.4 is 0 Å². The van der Waals surface area contributed by atoms with Crippen molar-refractivity contribution in [2.75, 3.05) is 20.1 Å². The second-order valence-electron chi connectivity index (χ2n) is 4.79. The zero-order valence-electron chi connectivity index (χ0n) is 11.5. The van der Waals surface area contributed by atoms with Crippen molar-refractivity contribution >= 4 is 17.1 Å². The van der Waals surface area contributed by atoms with Gasteiger partial charge in [0.15, 0.2) is 5.78 Å². The van der Waals surface area contributed by atoms with E-state index in [0.717, 1.165) is 13.0 Å². The van der Waals surface area contributed by atoms with Gasteiger partial charge in [0, 0.05) is 24.4 Å². The number of carbonyl (C=O) groups is 1. The van der Waals surface area contributed by atoms with Gasteiger partial charge in [0.1, 0.15) is 5.82 Å². The van der Waals surface area contributed by atoms with Gasteiger partial charge in [0.25, 0.3) is 0 Å². The number of likely N-dealkylation sites (N-methyl/N-ethyl adjacent to an activating group) is 1. The number of hydrogen-bond donors (Lipinski definition) is 0. The molecule has 0 atom stereocenters. The predicted molar refractivity (Wildman–Crippen MR) is 80.9 cm³/mol. The van der Waals surface area contributed by atoms with E-state index in [4.69, 9.17) is 0 Å². The molecule has 0 aliphatic rings. The summed E-state index contributed by atoms with van der Waals surface area (Å²) in [5.41, 5.74) is 0.194. The minimum Gasteiger partial charge on any atom is -0.306 e. The van der Waals surface area contributed by atoms with Crippen LogP contribution in [-0.4, -0.2) is 30.8 Å². The maximum atomic E-state index is 13.5. The summed E-state index contributed by atoms with van der Waals surface area (Å²) in [7, 11) is 1.99. The number of carbonyl (C=O) groups excluding carboxylic acids is 1. The molecule has 0 radical (unpaired) electrons. The zero-order chi connectivity index (χ0) is 14.4. The third-order valence-electron chi connectivity index (χ3n) is 3.21. The molecular formula is C16H18FNOS. The van der Waals surface area contributed by atoms with E-state index in [1.165, 1.54) is 10.9 Å². The average Bonchev–Trinajstić information content (AvgIpc) is 2.96. The lowest BCUT2D eigenvalue weighted by molar-refractivity contribution is 0.0965. The van der Waals surface area contributed by atoms with Crippen molar-refractivity contribution in [3.05, 3.63) is 58.0 Å². The van der Waals surface area contributed by atoms with Gasteiger partial charge in [0.05, 0.1) is 5.56 Å². The molecule has 0 N–H and O–H groups in total. The lowest BCUT2D eigenvalue weighted by Crippen LogP contribution is -2.24. The molecule has 0 fully saturated rings. The fourth-order valence-corrected chi connectivity index (χ4v) is 2.68. The smallest absolute Gasteiger partial charge is 0.167 e. The van der Waals surface area contributed by atoms with Crippen molar-refractivity contribution in [3.8, 4) is 0 Å². The number of benzene rings is 1. The molecule has 4 heteroatoms. The fraction of sp³-hybridized carbons (Fsp3) is 0.312. The molecule has 1 heterocycles. The van der Waals surface area contributed by atoms with Crippen molar-refractivity contribution in [3.63, 3.8) is 0 Å². The van der Waals surface area contributed by atoms with Crippen molar-refractivity contribution in [1.82, 2.24) is 4.90 Å². The Morgan fingerprint density at radius 3 is 2.70 bits per heavy atom. The van der Waals surface area contributed by atoms with Gasteiger partial charge in [-0.05, 0) is 37.0 Å². The molecule has 0 saturated carbocycles. The molecular weight excluding hydrogens is 273 g/mol. The molecule has 2 nitrogen and oxygen atoms in total. The van der Waals surface area contributed by atoms with E-state index in [9.17, 15) is 9.18 Å². The standard InChI is InChI=1S/C16H18FNOS/c1-18(10-8-13-5-4-12-20-13)11-9-16(19)14-6-2-3-7-15(14)17/h2-7,12H,8-11H2,1H3. The van der Waals surface area contributed by atoms with E-state index in [1.807, 2.05) is 13.1 Å². The first-order valence-corrected chi connectivity index (χ1v) is 7.53. The Kier molecular flexibility index (Phi) is 5.44. The molecule has 0 saturated heterocycles. The number of Topliss-reactive ketones (excluding diaryl/α,β-unsaturated/α-hetero) is 1. The Labute approximate surface area is 122 Å². The summed E-state index contributed by atoms with van der Waals surface area (Å²) in [4.78, 5) is 15.4.